The van der Waals surface area contributed by atoms with Gasteiger partial charge in [0.2, 0.25) is 5.91 Å². The van der Waals surface area contributed by atoms with E-state index in [0.29, 0.717) is 36.1 Å². The largest absolute Gasteiger partial charge is 0.441 e. The molecule has 7 heteroatoms. The van der Waals surface area contributed by atoms with Crippen LogP contribution in [-0.4, -0.2) is 20.7 Å². The third-order valence-electron chi connectivity index (χ3n) is 4.66. The van der Waals surface area contributed by atoms with E-state index >= 15 is 0 Å². The summed E-state index contributed by atoms with van der Waals surface area (Å²) in [6, 6.07) is 17.4. The molecule has 4 rings (SSSR count). The Balaban J connectivity index is 1.23. The molecule has 0 spiro atoms. The lowest BCUT2D eigenvalue weighted by Crippen LogP contribution is -2.23. The highest BCUT2D eigenvalue weighted by atomic mass is 35.5. The zero-order valence-electron chi connectivity index (χ0n) is 16.3. The summed E-state index contributed by atoms with van der Waals surface area (Å²) in [4.78, 5) is 16.4. The third kappa shape index (κ3) is 5.36. The van der Waals surface area contributed by atoms with Gasteiger partial charge in [0, 0.05) is 42.4 Å². The average Bonchev–Trinajstić information content (AvgIpc) is 3.44. The van der Waals surface area contributed by atoms with Crippen molar-refractivity contribution in [1.82, 2.24) is 20.1 Å². The first-order chi connectivity index (χ1) is 14.7. The van der Waals surface area contributed by atoms with Gasteiger partial charge in [-0.05, 0) is 41.5 Å². The van der Waals surface area contributed by atoms with Gasteiger partial charge < -0.3 is 9.73 Å². The summed E-state index contributed by atoms with van der Waals surface area (Å²) in [5.74, 6) is 1.16. The van der Waals surface area contributed by atoms with Gasteiger partial charge in [0.15, 0.2) is 11.7 Å². The molecule has 2 aromatic heterocycles. The molecule has 152 valence electrons. The van der Waals surface area contributed by atoms with Crippen molar-refractivity contribution in [3.05, 3.63) is 95.2 Å². The molecule has 0 saturated heterocycles. The number of carbonyl (C=O) groups excluding carboxylic acids is 1. The number of hydrogen-bond acceptors (Lipinski definition) is 4. The topological polar surface area (TPSA) is 73.0 Å². The lowest BCUT2D eigenvalue weighted by Gasteiger charge is -2.06. The fourth-order valence-electron chi connectivity index (χ4n) is 3.03. The number of aryl methyl sites for hydroxylation is 1. The number of carbonyl (C=O) groups is 1. The first-order valence-corrected chi connectivity index (χ1v) is 10.1. The van der Waals surface area contributed by atoms with Crippen LogP contribution in [0.3, 0.4) is 0 Å². The van der Waals surface area contributed by atoms with Crippen LogP contribution in [0.4, 0.5) is 0 Å². The molecule has 0 aliphatic rings. The van der Waals surface area contributed by atoms with Crippen LogP contribution in [0.25, 0.3) is 11.3 Å². The summed E-state index contributed by atoms with van der Waals surface area (Å²) in [5.41, 5.74) is 3.11. The SMILES string of the molecule is O=C(CCc1ncc(-c2ccc(Cl)cc2)o1)NCc1ccc(Cn2cccn2)cc1. The van der Waals surface area contributed by atoms with E-state index in [4.69, 9.17) is 16.0 Å². The standard InChI is InChI=1S/C23H21ClN4O2/c24-20-8-6-19(7-9-20)21-15-26-23(30-21)11-10-22(29)25-14-17-2-4-18(5-3-17)16-28-13-1-12-27-28/h1-9,12-13,15H,10-11,14,16H2,(H,25,29). The number of halogens is 1. The van der Waals surface area contributed by atoms with Gasteiger partial charge in [0.25, 0.3) is 0 Å². The Morgan fingerprint density at radius 1 is 1.07 bits per heavy atom. The molecule has 6 nitrogen and oxygen atoms in total. The third-order valence-corrected chi connectivity index (χ3v) is 4.92. The monoisotopic (exact) mass is 420 g/mol. The van der Waals surface area contributed by atoms with Crippen molar-refractivity contribution in [2.75, 3.05) is 0 Å². The molecule has 1 amide bonds. The van der Waals surface area contributed by atoms with Gasteiger partial charge in [-0.3, -0.25) is 9.48 Å². The van der Waals surface area contributed by atoms with Crippen LogP contribution >= 0.6 is 11.6 Å². The summed E-state index contributed by atoms with van der Waals surface area (Å²) in [6.07, 6.45) is 6.13. The summed E-state index contributed by atoms with van der Waals surface area (Å²) in [7, 11) is 0. The molecule has 0 atom stereocenters. The quantitative estimate of drug-likeness (QED) is 0.456. The highest BCUT2D eigenvalue weighted by Crippen LogP contribution is 2.22. The Morgan fingerprint density at radius 2 is 1.83 bits per heavy atom. The number of benzene rings is 2. The first-order valence-electron chi connectivity index (χ1n) is 9.68. The van der Waals surface area contributed by atoms with Crippen LogP contribution in [0.5, 0.6) is 0 Å². The maximum atomic E-state index is 12.2. The molecule has 0 radical (unpaired) electrons. The van der Waals surface area contributed by atoms with Crippen LogP contribution in [0.2, 0.25) is 5.02 Å². The number of hydrogen-bond donors (Lipinski definition) is 1. The van der Waals surface area contributed by atoms with E-state index in [1.54, 1.807) is 24.5 Å². The lowest BCUT2D eigenvalue weighted by molar-refractivity contribution is -0.121. The van der Waals surface area contributed by atoms with Crippen molar-refractivity contribution in [2.45, 2.75) is 25.9 Å². The second-order valence-corrected chi connectivity index (χ2v) is 7.36. The molecule has 1 N–H and O–H groups in total. The number of aromatic nitrogens is 3. The van der Waals surface area contributed by atoms with Gasteiger partial charge in [-0.25, -0.2) is 4.98 Å². The van der Waals surface area contributed by atoms with Crippen LogP contribution in [0.15, 0.2) is 77.6 Å². The van der Waals surface area contributed by atoms with E-state index in [2.05, 4.69) is 15.4 Å². The summed E-state index contributed by atoms with van der Waals surface area (Å²) in [6.45, 7) is 1.22. The number of amides is 1. The number of oxazole rings is 1. The minimum absolute atomic E-state index is 0.0399. The normalized spacial score (nSPS) is 10.8. The molecule has 0 aliphatic carbocycles. The van der Waals surface area contributed by atoms with E-state index in [1.165, 1.54) is 0 Å². The molecule has 0 fully saturated rings. The smallest absolute Gasteiger partial charge is 0.220 e. The minimum atomic E-state index is -0.0399. The highest BCUT2D eigenvalue weighted by molar-refractivity contribution is 6.30. The molecular weight excluding hydrogens is 400 g/mol. The van der Waals surface area contributed by atoms with Gasteiger partial charge in [-0.2, -0.15) is 5.10 Å². The van der Waals surface area contributed by atoms with Crippen molar-refractivity contribution < 1.29 is 9.21 Å². The van der Waals surface area contributed by atoms with Crippen molar-refractivity contribution in [3.63, 3.8) is 0 Å². The molecule has 0 saturated carbocycles. The van der Waals surface area contributed by atoms with E-state index in [9.17, 15) is 4.79 Å². The van der Waals surface area contributed by atoms with Crippen molar-refractivity contribution in [2.24, 2.45) is 0 Å². The van der Waals surface area contributed by atoms with Gasteiger partial charge in [0.1, 0.15) is 0 Å². The number of nitrogens with one attached hydrogen (secondary N) is 1. The maximum absolute atomic E-state index is 12.2. The predicted molar refractivity (Wildman–Crippen MR) is 115 cm³/mol. The molecule has 0 aliphatic heterocycles. The summed E-state index contributed by atoms with van der Waals surface area (Å²) >= 11 is 5.90. The summed E-state index contributed by atoms with van der Waals surface area (Å²) < 4.78 is 7.61. The van der Waals surface area contributed by atoms with Crippen LogP contribution in [-0.2, 0) is 24.3 Å². The van der Waals surface area contributed by atoms with Crippen molar-refractivity contribution in [1.29, 1.82) is 0 Å². The Labute approximate surface area is 179 Å². The molecule has 2 aromatic carbocycles. The molecule has 30 heavy (non-hydrogen) atoms. The Bertz CT molecular complexity index is 1090. The fraction of sp³-hybridized carbons (Fsp3) is 0.174. The van der Waals surface area contributed by atoms with Gasteiger partial charge in [-0.1, -0.05) is 35.9 Å². The van der Waals surface area contributed by atoms with Crippen molar-refractivity contribution in [3.8, 4) is 11.3 Å². The maximum Gasteiger partial charge on any atom is 0.220 e. The predicted octanol–water partition coefficient (Wildman–Crippen LogP) is 4.49. The fourth-order valence-corrected chi connectivity index (χ4v) is 3.15. The van der Waals surface area contributed by atoms with E-state index < -0.39 is 0 Å². The highest BCUT2D eigenvalue weighted by Gasteiger charge is 2.09. The van der Waals surface area contributed by atoms with E-state index in [0.717, 1.165) is 23.2 Å². The lowest BCUT2D eigenvalue weighted by atomic mass is 10.1. The van der Waals surface area contributed by atoms with E-state index in [1.807, 2.05) is 53.3 Å². The second kappa shape index (κ2) is 9.41. The van der Waals surface area contributed by atoms with Crippen LogP contribution in [0.1, 0.15) is 23.4 Å². The van der Waals surface area contributed by atoms with Gasteiger partial charge >= 0.3 is 0 Å². The van der Waals surface area contributed by atoms with E-state index in [-0.39, 0.29) is 5.91 Å². The molecule has 4 aromatic rings. The van der Waals surface area contributed by atoms with Crippen LogP contribution in [0, 0.1) is 0 Å². The van der Waals surface area contributed by atoms with Crippen molar-refractivity contribution >= 4 is 17.5 Å². The Hall–Kier alpha value is -3.38. The number of rotatable bonds is 8. The molecule has 0 bridgehead atoms. The minimum Gasteiger partial charge on any atom is -0.441 e. The van der Waals surface area contributed by atoms with Crippen LogP contribution < -0.4 is 5.32 Å². The van der Waals surface area contributed by atoms with Gasteiger partial charge in [0.05, 0.1) is 12.7 Å². The average molecular weight is 421 g/mol. The summed E-state index contributed by atoms with van der Waals surface area (Å²) in [5, 5.41) is 7.81. The number of nitrogens with zero attached hydrogens (tertiary/aromatic N) is 3. The molecule has 2 heterocycles. The first kappa shape index (κ1) is 19.9. The van der Waals surface area contributed by atoms with Gasteiger partial charge in [-0.15, -0.1) is 0 Å². The molecule has 0 unspecified atom stereocenters. The Kier molecular flexibility index (Phi) is 6.25. The zero-order valence-corrected chi connectivity index (χ0v) is 17.0. The Morgan fingerprint density at radius 3 is 2.57 bits per heavy atom. The zero-order chi connectivity index (χ0) is 20.8. The molecular formula is C23H21ClN4O2. The second-order valence-electron chi connectivity index (χ2n) is 6.92.